The van der Waals surface area contributed by atoms with Crippen LogP contribution in [0.15, 0.2) is 18.2 Å². The second kappa shape index (κ2) is 4.32. The van der Waals surface area contributed by atoms with E-state index in [9.17, 15) is 13.2 Å². The van der Waals surface area contributed by atoms with Crippen LogP contribution in [0.5, 0.6) is 0 Å². The lowest BCUT2D eigenvalue weighted by molar-refractivity contribution is -0.137. The van der Waals surface area contributed by atoms with Crippen LogP contribution in [-0.4, -0.2) is 18.1 Å². The predicted molar refractivity (Wildman–Crippen MR) is 71.6 cm³/mol. The molecule has 0 bridgehead atoms. The van der Waals surface area contributed by atoms with Crippen molar-refractivity contribution >= 4 is 11.4 Å². The van der Waals surface area contributed by atoms with E-state index in [1.54, 1.807) is 0 Å². The molecule has 0 fully saturated rings. The molecule has 0 saturated heterocycles. The van der Waals surface area contributed by atoms with Crippen molar-refractivity contribution in [3.8, 4) is 0 Å². The molecule has 106 valence electrons. The fourth-order valence-corrected chi connectivity index (χ4v) is 2.76. The molecule has 1 N–H and O–H groups in total. The summed E-state index contributed by atoms with van der Waals surface area (Å²) in [5, 5.41) is 3.21. The van der Waals surface area contributed by atoms with Gasteiger partial charge in [-0.2, -0.15) is 13.2 Å². The summed E-state index contributed by atoms with van der Waals surface area (Å²) in [6, 6.07) is 4.02. The van der Waals surface area contributed by atoms with Gasteiger partial charge in [0.1, 0.15) is 0 Å². The van der Waals surface area contributed by atoms with E-state index in [-0.39, 0.29) is 11.6 Å². The highest BCUT2D eigenvalue weighted by Crippen LogP contribution is 2.41. The van der Waals surface area contributed by atoms with Gasteiger partial charge in [-0.25, -0.2) is 0 Å². The Labute approximate surface area is 111 Å². The number of anilines is 2. The number of benzene rings is 1. The fourth-order valence-electron chi connectivity index (χ4n) is 2.76. The van der Waals surface area contributed by atoms with Crippen molar-refractivity contribution in [2.24, 2.45) is 0 Å². The molecular formula is C14H19F3N2. The standard InChI is InChI=1S/C14H19F3N2/c1-9(2)19-12-7-10(14(15,16)17)5-6-11(12)18-8-13(19,3)4/h5-7,9,18H,8H2,1-4H3. The molecule has 1 aromatic carbocycles. The zero-order valence-corrected chi connectivity index (χ0v) is 11.6. The van der Waals surface area contributed by atoms with E-state index in [1.807, 2.05) is 32.6 Å². The molecule has 0 amide bonds. The van der Waals surface area contributed by atoms with E-state index in [0.29, 0.717) is 12.2 Å². The summed E-state index contributed by atoms with van der Waals surface area (Å²) in [6.45, 7) is 8.77. The van der Waals surface area contributed by atoms with Crippen LogP contribution in [0.2, 0.25) is 0 Å². The Morgan fingerprint density at radius 1 is 1.26 bits per heavy atom. The van der Waals surface area contributed by atoms with Gasteiger partial charge in [-0.1, -0.05) is 0 Å². The van der Waals surface area contributed by atoms with Crippen LogP contribution in [0.1, 0.15) is 33.3 Å². The third kappa shape index (κ3) is 2.51. The van der Waals surface area contributed by atoms with Crippen LogP contribution in [-0.2, 0) is 6.18 Å². The third-order valence-corrected chi connectivity index (χ3v) is 3.46. The van der Waals surface area contributed by atoms with Crippen LogP contribution < -0.4 is 10.2 Å². The average Bonchev–Trinajstić information content (AvgIpc) is 2.25. The van der Waals surface area contributed by atoms with Crippen LogP contribution in [0.3, 0.4) is 0 Å². The maximum Gasteiger partial charge on any atom is 0.416 e. The molecule has 1 aromatic rings. The molecule has 2 rings (SSSR count). The monoisotopic (exact) mass is 272 g/mol. The highest BCUT2D eigenvalue weighted by atomic mass is 19.4. The summed E-state index contributed by atoms with van der Waals surface area (Å²) >= 11 is 0. The summed E-state index contributed by atoms with van der Waals surface area (Å²) in [7, 11) is 0. The summed E-state index contributed by atoms with van der Waals surface area (Å²) in [6.07, 6.45) is -4.31. The second-order valence-electron chi connectivity index (χ2n) is 5.86. The van der Waals surface area contributed by atoms with Gasteiger partial charge in [-0.3, -0.25) is 0 Å². The van der Waals surface area contributed by atoms with E-state index in [4.69, 9.17) is 0 Å². The van der Waals surface area contributed by atoms with Crippen molar-refractivity contribution in [3.05, 3.63) is 23.8 Å². The summed E-state index contributed by atoms with van der Waals surface area (Å²) in [4.78, 5) is 2.05. The van der Waals surface area contributed by atoms with Crippen LogP contribution in [0.4, 0.5) is 24.5 Å². The zero-order chi connectivity index (χ0) is 14.4. The quantitative estimate of drug-likeness (QED) is 0.827. The number of nitrogens with zero attached hydrogens (tertiary/aromatic N) is 1. The van der Waals surface area contributed by atoms with Crippen molar-refractivity contribution in [1.82, 2.24) is 0 Å². The first-order valence-corrected chi connectivity index (χ1v) is 6.37. The van der Waals surface area contributed by atoms with Crippen molar-refractivity contribution in [2.75, 3.05) is 16.8 Å². The average molecular weight is 272 g/mol. The van der Waals surface area contributed by atoms with Crippen molar-refractivity contribution < 1.29 is 13.2 Å². The summed E-state index contributed by atoms with van der Waals surface area (Å²) in [5.41, 5.74) is 0.573. The van der Waals surface area contributed by atoms with Crippen LogP contribution in [0, 0.1) is 0 Å². The number of nitrogens with one attached hydrogen (secondary N) is 1. The Balaban J connectivity index is 2.55. The maximum absolute atomic E-state index is 12.8. The number of fused-ring (bicyclic) bond motifs is 1. The molecule has 0 spiro atoms. The first kappa shape index (κ1) is 14.0. The molecule has 1 aliphatic heterocycles. The molecule has 5 heteroatoms. The topological polar surface area (TPSA) is 15.3 Å². The molecule has 1 heterocycles. The number of halogens is 3. The molecule has 1 aliphatic rings. The first-order chi connectivity index (χ1) is 8.63. The van der Waals surface area contributed by atoms with Crippen molar-refractivity contribution in [1.29, 1.82) is 0 Å². The van der Waals surface area contributed by atoms with E-state index in [0.717, 1.165) is 11.8 Å². The Morgan fingerprint density at radius 3 is 2.42 bits per heavy atom. The number of hydrogen-bond donors (Lipinski definition) is 1. The normalized spacial score (nSPS) is 18.2. The van der Waals surface area contributed by atoms with Gasteiger partial charge in [-0.15, -0.1) is 0 Å². The summed E-state index contributed by atoms with van der Waals surface area (Å²) < 4.78 is 38.5. The van der Waals surface area contributed by atoms with Crippen LogP contribution in [0.25, 0.3) is 0 Å². The molecule has 0 radical (unpaired) electrons. The van der Waals surface area contributed by atoms with E-state index in [1.165, 1.54) is 12.1 Å². The number of hydrogen-bond acceptors (Lipinski definition) is 2. The third-order valence-electron chi connectivity index (χ3n) is 3.46. The van der Waals surface area contributed by atoms with Gasteiger partial charge < -0.3 is 10.2 Å². The molecular weight excluding hydrogens is 253 g/mol. The SMILES string of the molecule is CC(C)N1c2cc(C(F)(F)F)ccc2NCC1(C)C. The number of rotatable bonds is 1. The Kier molecular flexibility index (Phi) is 3.19. The van der Waals surface area contributed by atoms with Gasteiger partial charge in [0.2, 0.25) is 0 Å². The van der Waals surface area contributed by atoms with Crippen molar-refractivity contribution in [3.63, 3.8) is 0 Å². The highest BCUT2D eigenvalue weighted by molar-refractivity contribution is 5.75. The molecule has 0 atom stereocenters. The molecule has 0 saturated carbocycles. The molecule has 0 aliphatic carbocycles. The molecule has 0 unspecified atom stereocenters. The lowest BCUT2D eigenvalue weighted by Crippen LogP contribution is -2.55. The highest BCUT2D eigenvalue weighted by Gasteiger charge is 2.37. The summed E-state index contributed by atoms with van der Waals surface area (Å²) in [5.74, 6) is 0. The molecule has 19 heavy (non-hydrogen) atoms. The Hall–Kier alpha value is -1.39. The van der Waals surface area contributed by atoms with Gasteiger partial charge in [0, 0.05) is 12.6 Å². The number of alkyl halides is 3. The minimum Gasteiger partial charge on any atom is -0.381 e. The first-order valence-electron chi connectivity index (χ1n) is 6.37. The lowest BCUT2D eigenvalue weighted by atomic mass is 9.95. The Bertz CT molecular complexity index is 478. The maximum atomic E-state index is 12.8. The molecule has 2 nitrogen and oxygen atoms in total. The van der Waals surface area contributed by atoms with E-state index < -0.39 is 11.7 Å². The lowest BCUT2D eigenvalue weighted by Gasteiger charge is -2.48. The van der Waals surface area contributed by atoms with Gasteiger partial charge in [0.25, 0.3) is 0 Å². The molecule has 0 aromatic heterocycles. The van der Waals surface area contributed by atoms with Gasteiger partial charge in [-0.05, 0) is 45.9 Å². The van der Waals surface area contributed by atoms with Gasteiger partial charge in [0.15, 0.2) is 0 Å². The Morgan fingerprint density at radius 2 is 1.89 bits per heavy atom. The minimum absolute atomic E-state index is 0.138. The fraction of sp³-hybridized carbons (Fsp3) is 0.571. The largest absolute Gasteiger partial charge is 0.416 e. The minimum atomic E-state index is -4.31. The predicted octanol–water partition coefficient (Wildman–Crippen LogP) is 4.12. The van der Waals surface area contributed by atoms with E-state index in [2.05, 4.69) is 5.32 Å². The zero-order valence-electron chi connectivity index (χ0n) is 11.6. The second-order valence-corrected chi connectivity index (χ2v) is 5.86. The van der Waals surface area contributed by atoms with Crippen molar-refractivity contribution in [2.45, 2.75) is 45.5 Å². The smallest absolute Gasteiger partial charge is 0.381 e. The van der Waals surface area contributed by atoms with Crippen LogP contribution >= 0.6 is 0 Å². The van der Waals surface area contributed by atoms with Gasteiger partial charge in [0.05, 0.1) is 22.5 Å². The van der Waals surface area contributed by atoms with Gasteiger partial charge >= 0.3 is 6.18 Å². The van der Waals surface area contributed by atoms with E-state index >= 15 is 0 Å².